The summed E-state index contributed by atoms with van der Waals surface area (Å²) in [6, 6.07) is 8.90. The molecule has 0 aromatic heterocycles. The van der Waals surface area contributed by atoms with Gasteiger partial charge in [0.1, 0.15) is 0 Å². The zero-order chi connectivity index (χ0) is 11.3. The van der Waals surface area contributed by atoms with Crippen LogP contribution in [0.4, 0.5) is 0 Å². The highest BCUT2D eigenvalue weighted by molar-refractivity contribution is 5.24. The molecule has 0 aliphatic rings. The number of hydrogen-bond donors (Lipinski definition) is 0. The molecule has 0 aliphatic heterocycles. The highest BCUT2D eigenvalue weighted by Crippen LogP contribution is 2.24. The third-order valence-electron chi connectivity index (χ3n) is 2.54. The Morgan fingerprint density at radius 1 is 1.47 bits per heavy atom. The first-order valence-electron chi connectivity index (χ1n) is 5.01. The Morgan fingerprint density at radius 2 is 2.07 bits per heavy atom. The van der Waals surface area contributed by atoms with Crippen molar-refractivity contribution in [1.29, 1.82) is 0 Å². The molecule has 0 heterocycles. The van der Waals surface area contributed by atoms with Crippen LogP contribution >= 0.6 is 0 Å². The first kappa shape index (κ1) is 11.4. The highest BCUT2D eigenvalue weighted by atomic mass is 16.6. The van der Waals surface area contributed by atoms with Gasteiger partial charge in [-0.2, -0.15) is 0 Å². The van der Waals surface area contributed by atoms with Gasteiger partial charge < -0.3 is 0 Å². The second kappa shape index (κ2) is 5.29. The van der Waals surface area contributed by atoms with Crippen molar-refractivity contribution in [2.24, 2.45) is 0 Å². The number of nitrogens with zero attached hydrogens (tertiary/aromatic N) is 1. The van der Waals surface area contributed by atoms with Gasteiger partial charge in [0.15, 0.2) is 0 Å². The van der Waals surface area contributed by atoms with Crippen LogP contribution in [0.25, 0.3) is 0 Å². The summed E-state index contributed by atoms with van der Waals surface area (Å²) in [6.07, 6.45) is 2.17. The van der Waals surface area contributed by atoms with Crippen LogP contribution in [0.5, 0.6) is 0 Å². The summed E-state index contributed by atoms with van der Waals surface area (Å²) in [7, 11) is 0. The van der Waals surface area contributed by atoms with Crippen molar-refractivity contribution in [3.8, 4) is 0 Å². The Bertz CT molecular complexity index is 335. The van der Waals surface area contributed by atoms with Gasteiger partial charge in [-0.1, -0.05) is 43.3 Å². The van der Waals surface area contributed by atoms with E-state index in [4.69, 9.17) is 0 Å². The molecule has 1 aromatic carbocycles. The third kappa shape index (κ3) is 2.65. The Balaban J connectivity index is 2.97. The van der Waals surface area contributed by atoms with E-state index in [9.17, 15) is 10.1 Å². The number of nitro groups is 1. The summed E-state index contributed by atoms with van der Waals surface area (Å²) in [5.41, 5.74) is 0.955. The van der Waals surface area contributed by atoms with Crippen molar-refractivity contribution in [2.75, 3.05) is 0 Å². The minimum absolute atomic E-state index is 0.203. The minimum atomic E-state index is -0.579. The molecule has 3 heteroatoms. The molecule has 0 bridgehead atoms. The summed E-state index contributed by atoms with van der Waals surface area (Å²) in [6.45, 7) is 5.51. The fourth-order valence-corrected chi connectivity index (χ4v) is 1.72. The summed E-state index contributed by atoms with van der Waals surface area (Å²) >= 11 is 0. The van der Waals surface area contributed by atoms with E-state index in [0.29, 0.717) is 6.42 Å². The second-order valence-corrected chi connectivity index (χ2v) is 3.43. The lowest BCUT2D eigenvalue weighted by Gasteiger charge is -2.16. The van der Waals surface area contributed by atoms with Crippen molar-refractivity contribution in [3.05, 3.63) is 58.7 Å². The maximum Gasteiger partial charge on any atom is 0.223 e. The molecule has 0 amide bonds. The Morgan fingerprint density at radius 3 is 2.47 bits per heavy atom. The lowest BCUT2D eigenvalue weighted by molar-refractivity contribution is -0.525. The quantitative estimate of drug-likeness (QED) is 0.421. The van der Waals surface area contributed by atoms with Gasteiger partial charge in [0, 0.05) is 11.3 Å². The molecule has 0 N–H and O–H groups in total. The van der Waals surface area contributed by atoms with E-state index < -0.39 is 6.04 Å². The summed E-state index contributed by atoms with van der Waals surface area (Å²) in [5.74, 6) is -0.203. The van der Waals surface area contributed by atoms with E-state index in [0.717, 1.165) is 5.56 Å². The van der Waals surface area contributed by atoms with Gasteiger partial charge in [-0.3, -0.25) is 10.1 Å². The second-order valence-electron chi connectivity index (χ2n) is 3.43. The van der Waals surface area contributed by atoms with Gasteiger partial charge >= 0.3 is 0 Å². The summed E-state index contributed by atoms with van der Waals surface area (Å²) in [5, 5.41) is 10.9. The lowest BCUT2D eigenvalue weighted by Crippen LogP contribution is -2.25. The van der Waals surface area contributed by atoms with E-state index in [1.165, 1.54) is 0 Å². The van der Waals surface area contributed by atoms with Crippen LogP contribution in [0.15, 0.2) is 43.0 Å². The van der Waals surface area contributed by atoms with Gasteiger partial charge in [-0.15, -0.1) is 6.58 Å². The van der Waals surface area contributed by atoms with Crippen molar-refractivity contribution < 1.29 is 4.92 Å². The summed E-state index contributed by atoms with van der Waals surface area (Å²) < 4.78 is 0. The molecule has 1 rings (SSSR count). The monoisotopic (exact) mass is 205 g/mol. The molecule has 1 aromatic rings. The van der Waals surface area contributed by atoms with Gasteiger partial charge in [-0.05, 0) is 5.56 Å². The minimum Gasteiger partial charge on any atom is -0.264 e. The fourth-order valence-electron chi connectivity index (χ4n) is 1.72. The van der Waals surface area contributed by atoms with Crippen LogP contribution in [0.2, 0.25) is 0 Å². The zero-order valence-electron chi connectivity index (χ0n) is 8.80. The lowest BCUT2D eigenvalue weighted by atomic mass is 9.90. The molecular formula is C12H15NO2. The fraction of sp³-hybridized carbons (Fsp3) is 0.333. The van der Waals surface area contributed by atoms with Crippen LogP contribution in [0, 0.1) is 10.1 Å². The number of rotatable bonds is 5. The molecule has 0 radical (unpaired) electrons. The molecule has 2 atom stereocenters. The van der Waals surface area contributed by atoms with Crippen molar-refractivity contribution in [3.63, 3.8) is 0 Å². The molecule has 0 saturated heterocycles. The van der Waals surface area contributed by atoms with Crippen molar-refractivity contribution in [2.45, 2.75) is 25.3 Å². The average molecular weight is 205 g/mol. The Labute approximate surface area is 89.6 Å². The first-order chi connectivity index (χ1) is 7.20. The number of benzene rings is 1. The zero-order valence-corrected chi connectivity index (χ0v) is 8.80. The predicted octanol–water partition coefficient (Wildman–Crippen LogP) is 3.01. The predicted molar refractivity (Wildman–Crippen MR) is 60.5 cm³/mol. The maximum atomic E-state index is 10.9. The van der Waals surface area contributed by atoms with Crippen LogP contribution < -0.4 is 0 Å². The Kier molecular flexibility index (Phi) is 4.03. The molecule has 3 nitrogen and oxygen atoms in total. The van der Waals surface area contributed by atoms with Gasteiger partial charge in [0.05, 0.1) is 5.92 Å². The molecule has 0 spiro atoms. The average Bonchev–Trinajstić information content (AvgIpc) is 2.26. The molecule has 15 heavy (non-hydrogen) atoms. The van der Waals surface area contributed by atoms with Crippen molar-refractivity contribution in [1.82, 2.24) is 0 Å². The first-order valence-corrected chi connectivity index (χ1v) is 5.01. The topological polar surface area (TPSA) is 43.1 Å². The largest absolute Gasteiger partial charge is 0.264 e. The molecule has 0 saturated carbocycles. The summed E-state index contributed by atoms with van der Waals surface area (Å²) in [4.78, 5) is 10.6. The van der Waals surface area contributed by atoms with Crippen molar-refractivity contribution >= 4 is 0 Å². The smallest absolute Gasteiger partial charge is 0.223 e. The molecule has 0 fully saturated rings. The molecule has 80 valence electrons. The van der Waals surface area contributed by atoms with Crippen LogP contribution in [-0.4, -0.2) is 11.0 Å². The van der Waals surface area contributed by atoms with E-state index in [2.05, 4.69) is 6.58 Å². The standard InChI is InChI=1S/C12H15NO2/c1-3-11(12(4-2)13(14)15)10-8-6-5-7-9-10/h3,5-9,11-12H,1,4H2,2H3/t11-,12-/m1/s1. The maximum absolute atomic E-state index is 10.9. The van der Waals surface area contributed by atoms with E-state index >= 15 is 0 Å². The highest BCUT2D eigenvalue weighted by Gasteiger charge is 2.28. The van der Waals surface area contributed by atoms with E-state index in [1.807, 2.05) is 37.3 Å². The third-order valence-corrected chi connectivity index (χ3v) is 2.54. The van der Waals surface area contributed by atoms with Crippen LogP contribution in [0.3, 0.4) is 0 Å². The Hall–Kier alpha value is -1.64. The van der Waals surface area contributed by atoms with Gasteiger partial charge in [0.25, 0.3) is 0 Å². The number of hydrogen-bond acceptors (Lipinski definition) is 2. The van der Waals surface area contributed by atoms with Gasteiger partial charge in [-0.25, -0.2) is 0 Å². The van der Waals surface area contributed by atoms with E-state index in [1.54, 1.807) is 6.08 Å². The normalized spacial score (nSPS) is 14.2. The molecule has 0 unspecified atom stereocenters. The molecular weight excluding hydrogens is 190 g/mol. The van der Waals surface area contributed by atoms with Crippen LogP contribution in [-0.2, 0) is 0 Å². The van der Waals surface area contributed by atoms with Crippen LogP contribution in [0.1, 0.15) is 24.8 Å². The van der Waals surface area contributed by atoms with Gasteiger partial charge in [0.2, 0.25) is 6.04 Å². The van der Waals surface area contributed by atoms with E-state index in [-0.39, 0.29) is 10.8 Å². The molecule has 0 aliphatic carbocycles. The SMILES string of the molecule is C=C[C@H](c1ccccc1)[C@@H](CC)[N+](=O)[O-].